The Morgan fingerprint density at radius 1 is 1.36 bits per heavy atom. The fourth-order valence-corrected chi connectivity index (χ4v) is 3.55. The van der Waals surface area contributed by atoms with Crippen molar-refractivity contribution >= 4 is 0 Å². The SMILES string of the molecule is CCCCC1C(C)CC1(C)C(C)CC. The minimum atomic E-state index is 0.670. The van der Waals surface area contributed by atoms with E-state index in [0.717, 1.165) is 17.8 Å². The largest absolute Gasteiger partial charge is 0.0654 e. The molecule has 0 N–H and O–H groups in total. The van der Waals surface area contributed by atoms with E-state index in [1.165, 1.54) is 32.1 Å². The lowest BCUT2D eigenvalue weighted by Gasteiger charge is -2.56. The highest BCUT2D eigenvalue weighted by atomic mass is 14.5. The number of hydrogen-bond acceptors (Lipinski definition) is 0. The summed E-state index contributed by atoms with van der Waals surface area (Å²) in [4.78, 5) is 0. The first kappa shape index (κ1) is 12.1. The molecule has 0 aromatic heterocycles. The average molecular weight is 196 g/mol. The van der Waals surface area contributed by atoms with Gasteiger partial charge in [-0.05, 0) is 36.0 Å². The third kappa shape index (κ3) is 1.99. The van der Waals surface area contributed by atoms with Crippen LogP contribution >= 0.6 is 0 Å². The summed E-state index contributed by atoms with van der Waals surface area (Å²) in [6.45, 7) is 12.1. The fraction of sp³-hybridized carbons (Fsp3) is 1.00. The zero-order chi connectivity index (χ0) is 10.8. The molecular weight excluding hydrogens is 168 g/mol. The van der Waals surface area contributed by atoms with Gasteiger partial charge >= 0.3 is 0 Å². The molecule has 84 valence electrons. The minimum Gasteiger partial charge on any atom is -0.0654 e. The molecule has 0 saturated heterocycles. The molecule has 14 heavy (non-hydrogen) atoms. The molecule has 4 atom stereocenters. The van der Waals surface area contributed by atoms with Gasteiger partial charge < -0.3 is 0 Å². The summed E-state index contributed by atoms with van der Waals surface area (Å²) >= 11 is 0. The van der Waals surface area contributed by atoms with E-state index in [-0.39, 0.29) is 0 Å². The van der Waals surface area contributed by atoms with Gasteiger partial charge in [0, 0.05) is 0 Å². The van der Waals surface area contributed by atoms with Crippen LogP contribution < -0.4 is 0 Å². The lowest BCUT2D eigenvalue weighted by molar-refractivity contribution is -0.0692. The monoisotopic (exact) mass is 196 g/mol. The summed E-state index contributed by atoms with van der Waals surface area (Å²) in [5.74, 6) is 2.92. The molecule has 1 aliphatic carbocycles. The van der Waals surface area contributed by atoms with Crippen molar-refractivity contribution in [1.29, 1.82) is 0 Å². The number of hydrogen-bond donors (Lipinski definition) is 0. The van der Waals surface area contributed by atoms with Crippen molar-refractivity contribution in [2.45, 2.75) is 66.7 Å². The van der Waals surface area contributed by atoms with Crippen LogP contribution in [0.3, 0.4) is 0 Å². The molecule has 0 amide bonds. The average Bonchev–Trinajstić information content (AvgIpc) is 2.16. The Bertz CT molecular complexity index is 173. The van der Waals surface area contributed by atoms with Crippen molar-refractivity contribution < 1.29 is 0 Å². The van der Waals surface area contributed by atoms with Crippen molar-refractivity contribution in [3.05, 3.63) is 0 Å². The lowest BCUT2D eigenvalue weighted by atomic mass is 9.49. The first-order valence-corrected chi connectivity index (χ1v) is 6.56. The maximum absolute atomic E-state index is 2.53. The fourth-order valence-electron chi connectivity index (χ4n) is 3.55. The van der Waals surface area contributed by atoms with Crippen molar-refractivity contribution in [3.63, 3.8) is 0 Å². The molecule has 0 aromatic rings. The normalized spacial score (nSPS) is 39.2. The predicted molar refractivity (Wildman–Crippen MR) is 64.4 cm³/mol. The molecule has 0 heterocycles. The summed E-state index contributed by atoms with van der Waals surface area (Å²) in [5, 5.41) is 0. The van der Waals surface area contributed by atoms with E-state index < -0.39 is 0 Å². The van der Waals surface area contributed by atoms with Crippen LogP contribution in [0.1, 0.15) is 66.7 Å². The predicted octanol–water partition coefficient (Wildman–Crippen LogP) is 4.89. The Balaban J connectivity index is 2.53. The number of rotatable bonds is 5. The Morgan fingerprint density at radius 3 is 2.43 bits per heavy atom. The van der Waals surface area contributed by atoms with E-state index >= 15 is 0 Å². The van der Waals surface area contributed by atoms with Crippen LogP contribution in [0.4, 0.5) is 0 Å². The second-order valence-electron chi connectivity index (χ2n) is 5.75. The van der Waals surface area contributed by atoms with Gasteiger partial charge in [-0.2, -0.15) is 0 Å². The quantitative estimate of drug-likeness (QED) is 0.587. The van der Waals surface area contributed by atoms with E-state index in [2.05, 4.69) is 34.6 Å². The van der Waals surface area contributed by atoms with E-state index in [1.54, 1.807) is 0 Å². The lowest BCUT2D eigenvalue weighted by Crippen LogP contribution is -2.48. The van der Waals surface area contributed by atoms with Crippen molar-refractivity contribution in [2.75, 3.05) is 0 Å². The highest BCUT2D eigenvalue weighted by molar-refractivity contribution is 4.98. The summed E-state index contributed by atoms with van der Waals surface area (Å²) < 4.78 is 0. The zero-order valence-corrected chi connectivity index (χ0v) is 10.8. The zero-order valence-electron chi connectivity index (χ0n) is 10.8. The summed E-state index contributed by atoms with van der Waals surface area (Å²) in [6, 6.07) is 0. The van der Waals surface area contributed by atoms with Gasteiger partial charge in [0.1, 0.15) is 0 Å². The number of unbranched alkanes of at least 4 members (excludes halogenated alkanes) is 1. The van der Waals surface area contributed by atoms with E-state index in [9.17, 15) is 0 Å². The van der Waals surface area contributed by atoms with Crippen molar-refractivity contribution in [2.24, 2.45) is 23.2 Å². The third-order valence-electron chi connectivity index (χ3n) is 4.90. The first-order chi connectivity index (χ1) is 6.56. The van der Waals surface area contributed by atoms with E-state index in [4.69, 9.17) is 0 Å². The molecule has 1 aliphatic rings. The molecule has 0 radical (unpaired) electrons. The Hall–Kier alpha value is 0. The van der Waals surface area contributed by atoms with Gasteiger partial charge in [-0.3, -0.25) is 0 Å². The Morgan fingerprint density at radius 2 is 2.00 bits per heavy atom. The molecule has 0 aliphatic heterocycles. The molecule has 4 unspecified atom stereocenters. The van der Waals surface area contributed by atoms with Crippen molar-refractivity contribution in [3.8, 4) is 0 Å². The minimum absolute atomic E-state index is 0.670. The first-order valence-electron chi connectivity index (χ1n) is 6.56. The Kier molecular flexibility index (Phi) is 4.04. The maximum atomic E-state index is 2.53. The molecular formula is C14H28. The standard InChI is InChI=1S/C14H28/c1-6-8-9-13-11(3)10-14(13,5)12(4)7-2/h11-13H,6-10H2,1-5H3. The highest BCUT2D eigenvalue weighted by Gasteiger charge is 2.49. The molecule has 1 fully saturated rings. The topological polar surface area (TPSA) is 0 Å². The summed E-state index contributed by atoms with van der Waals surface area (Å²) in [6.07, 6.45) is 7.08. The molecule has 0 bridgehead atoms. The van der Waals surface area contributed by atoms with Crippen LogP contribution in [0, 0.1) is 23.2 Å². The van der Waals surface area contributed by atoms with Crippen LogP contribution in [-0.2, 0) is 0 Å². The maximum Gasteiger partial charge on any atom is -0.0267 e. The van der Waals surface area contributed by atoms with E-state index in [1.807, 2.05) is 0 Å². The molecule has 1 saturated carbocycles. The molecule has 0 nitrogen and oxygen atoms in total. The van der Waals surface area contributed by atoms with Crippen LogP contribution in [0.5, 0.6) is 0 Å². The molecule has 0 heteroatoms. The molecule has 0 aromatic carbocycles. The van der Waals surface area contributed by atoms with Gasteiger partial charge in [0.15, 0.2) is 0 Å². The van der Waals surface area contributed by atoms with Crippen LogP contribution in [-0.4, -0.2) is 0 Å². The summed E-state index contributed by atoms with van der Waals surface area (Å²) in [5.41, 5.74) is 0.670. The van der Waals surface area contributed by atoms with E-state index in [0.29, 0.717) is 5.41 Å². The second kappa shape index (κ2) is 4.68. The summed E-state index contributed by atoms with van der Waals surface area (Å²) in [7, 11) is 0. The van der Waals surface area contributed by atoms with Gasteiger partial charge in [-0.25, -0.2) is 0 Å². The highest BCUT2D eigenvalue weighted by Crippen LogP contribution is 2.57. The molecule has 1 rings (SSSR count). The van der Waals surface area contributed by atoms with Gasteiger partial charge in [0.2, 0.25) is 0 Å². The smallest absolute Gasteiger partial charge is 0.0267 e. The molecule has 0 spiro atoms. The van der Waals surface area contributed by atoms with Gasteiger partial charge in [-0.15, -0.1) is 0 Å². The van der Waals surface area contributed by atoms with Gasteiger partial charge in [-0.1, -0.05) is 53.9 Å². The Labute approximate surface area is 90.5 Å². The van der Waals surface area contributed by atoms with Crippen molar-refractivity contribution in [1.82, 2.24) is 0 Å². The third-order valence-corrected chi connectivity index (χ3v) is 4.90. The second-order valence-corrected chi connectivity index (χ2v) is 5.75. The van der Waals surface area contributed by atoms with Crippen LogP contribution in [0.15, 0.2) is 0 Å². The van der Waals surface area contributed by atoms with Crippen LogP contribution in [0.25, 0.3) is 0 Å². The van der Waals surface area contributed by atoms with Gasteiger partial charge in [0.25, 0.3) is 0 Å². The van der Waals surface area contributed by atoms with Crippen LogP contribution in [0.2, 0.25) is 0 Å². The van der Waals surface area contributed by atoms with Gasteiger partial charge in [0.05, 0.1) is 0 Å².